The lowest BCUT2D eigenvalue weighted by atomic mass is 10.2. The highest BCUT2D eigenvalue weighted by atomic mass is 79.9. The fourth-order valence-corrected chi connectivity index (χ4v) is 3.15. The van der Waals surface area contributed by atoms with Crippen molar-refractivity contribution in [2.24, 2.45) is 10.2 Å². The van der Waals surface area contributed by atoms with Crippen LogP contribution in [0.25, 0.3) is 10.9 Å². The highest BCUT2D eigenvalue weighted by Gasteiger charge is 2.14. The average molecular weight is 439 g/mol. The highest BCUT2D eigenvalue weighted by Crippen LogP contribution is 2.40. The number of carbonyl (C=O) groups is 1. The maximum atomic E-state index is 11.9. The monoisotopic (exact) mass is 437 g/mol. The van der Waals surface area contributed by atoms with Crippen LogP contribution >= 0.6 is 27.5 Å². The largest absolute Gasteiger partial charge is 0.497 e. The van der Waals surface area contributed by atoms with Crippen LogP contribution in [0.4, 0.5) is 5.69 Å². The van der Waals surface area contributed by atoms with E-state index in [1.807, 2.05) is 0 Å². The second-order valence-electron chi connectivity index (χ2n) is 5.19. The Hall–Kier alpha value is -2.58. The van der Waals surface area contributed by atoms with Gasteiger partial charge in [-0.05, 0) is 52.3 Å². The summed E-state index contributed by atoms with van der Waals surface area (Å²) >= 11 is 9.35. The third-order valence-electron chi connectivity index (χ3n) is 3.46. The van der Waals surface area contributed by atoms with E-state index < -0.39 is 5.91 Å². The minimum Gasteiger partial charge on any atom is -0.497 e. The van der Waals surface area contributed by atoms with Gasteiger partial charge in [0.2, 0.25) is 5.88 Å². The van der Waals surface area contributed by atoms with E-state index >= 15 is 0 Å². The van der Waals surface area contributed by atoms with E-state index in [9.17, 15) is 9.90 Å². The molecule has 0 unspecified atom stereocenters. The van der Waals surface area contributed by atoms with Crippen molar-refractivity contribution >= 4 is 50.0 Å². The number of nitrogens with one attached hydrogen (secondary N) is 1. The molecule has 134 valence electrons. The van der Waals surface area contributed by atoms with Crippen LogP contribution in [-0.2, 0) is 4.79 Å². The number of aromatic hydroxyl groups is 1. The highest BCUT2D eigenvalue weighted by molar-refractivity contribution is 9.10. The summed E-state index contributed by atoms with van der Waals surface area (Å²) in [6, 6.07) is 10.1. The molecule has 1 amide bonds. The van der Waals surface area contributed by atoms with Crippen LogP contribution in [-0.4, -0.2) is 29.7 Å². The van der Waals surface area contributed by atoms with Crippen LogP contribution in [0.2, 0.25) is 5.02 Å². The Balaban J connectivity index is 1.72. The number of fused-ring (bicyclic) bond motifs is 1. The summed E-state index contributed by atoms with van der Waals surface area (Å²) in [6.45, 7) is -0.288. The Kier molecular flexibility index (Phi) is 5.43. The number of halogens is 2. The number of benzene rings is 2. The Morgan fingerprint density at radius 1 is 1.27 bits per heavy atom. The predicted octanol–water partition coefficient (Wildman–Crippen LogP) is 4.99. The SMILES string of the molecule is COc1ccc(OCC(=O)N=Nc2c(O)[nH]c3c(Br)cc(Cl)cc23)cc1. The summed E-state index contributed by atoms with van der Waals surface area (Å²) in [4.78, 5) is 14.6. The van der Waals surface area contributed by atoms with Crippen LogP contribution in [0.15, 0.2) is 51.1 Å². The normalized spacial score (nSPS) is 11.2. The molecule has 0 aliphatic rings. The van der Waals surface area contributed by atoms with Crippen LogP contribution in [0.3, 0.4) is 0 Å². The van der Waals surface area contributed by atoms with Gasteiger partial charge in [-0.3, -0.25) is 4.79 Å². The van der Waals surface area contributed by atoms with Gasteiger partial charge in [-0.2, -0.15) is 0 Å². The molecular weight excluding hydrogens is 426 g/mol. The molecule has 2 aromatic carbocycles. The Labute approximate surface area is 161 Å². The summed E-state index contributed by atoms with van der Waals surface area (Å²) in [7, 11) is 1.56. The minimum atomic E-state index is -0.601. The Morgan fingerprint density at radius 3 is 2.65 bits per heavy atom. The van der Waals surface area contributed by atoms with E-state index in [1.165, 1.54) is 0 Å². The first kappa shape index (κ1) is 18.2. The minimum absolute atomic E-state index is 0.126. The maximum absolute atomic E-state index is 11.9. The molecule has 0 aliphatic carbocycles. The van der Waals surface area contributed by atoms with Crippen molar-refractivity contribution in [1.29, 1.82) is 0 Å². The smallest absolute Gasteiger partial charge is 0.302 e. The molecule has 0 radical (unpaired) electrons. The zero-order chi connectivity index (χ0) is 18.7. The number of rotatable bonds is 5. The molecular formula is C17H13BrClN3O4. The topological polar surface area (TPSA) is 96.3 Å². The molecule has 7 nitrogen and oxygen atoms in total. The van der Waals surface area contributed by atoms with Crippen LogP contribution in [0, 0.1) is 0 Å². The number of hydrogen-bond donors (Lipinski definition) is 2. The van der Waals surface area contributed by atoms with Gasteiger partial charge in [-0.15, -0.1) is 10.2 Å². The number of amides is 1. The van der Waals surface area contributed by atoms with Gasteiger partial charge >= 0.3 is 5.91 Å². The molecule has 0 aliphatic heterocycles. The molecule has 0 saturated carbocycles. The van der Waals surface area contributed by atoms with Gasteiger partial charge in [0.05, 0.1) is 12.6 Å². The van der Waals surface area contributed by atoms with Gasteiger partial charge in [0, 0.05) is 14.9 Å². The van der Waals surface area contributed by atoms with Crippen molar-refractivity contribution < 1.29 is 19.4 Å². The summed E-state index contributed by atoms with van der Waals surface area (Å²) in [5.41, 5.74) is 0.726. The van der Waals surface area contributed by atoms with Gasteiger partial charge in [-0.25, -0.2) is 0 Å². The summed E-state index contributed by atoms with van der Waals surface area (Å²) in [5, 5.41) is 18.4. The number of nitrogens with zero attached hydrogens (tertiary/aromatic N) is 2. The van der Waals surface area contributed by atoms with Crippen molar-refractivity contribution in [2.45, 2.75) is 0 Å². The molecule has 2 N–H and O–H groups in total. The zero-order valence-corrected chi connectivity index (χ0v) is 15.8. The van der Waals surface area contributed by atoms with Crippen molar-refractivity contribution in [1.82, 2.24) is 4.98 Å². The third kappa shape index (κ3) is 3.97. The first-order chi connectivity index (χ1) is 12.5. The van der Waals surface area contributed by atoms with Crippen LogP contribution in [0.5, 0.6) is 17.4 Å². The van der Waals surface area contributed by atoms with E-state index in [1.54, 1.807) is 43.5 Å². The molecule has 3 rings (SSSR count). The first-order valence-electron chi connectivity index (χ1n) is 7.39. The number of carbonyl (C=O) groups excluding carboxylic acids is 1. The lowest BCUT2D eigenvalue weighted by Crippen LogP contribution is -2.07. The molecule has 1 aromatic heterocycles. The molecule has 1 heterocycles. The quantitative estimate of drug-likeness (QED) is 0.549. The molecule has 0 atom stereocenters. The Morgan fingerprint density at radius 2 is 1.96 bits per heavy atom. The van der Waals surface area contributed by atoms with Crippen molar-refractivity contribution in [2.75, 3.05) is 13.7 Å². The molecule has 0 fully saturated rings. The summed E-state index contributed by atoms with van der Waals surface area (Å²) in [5.74, 6) is 0.370. The van der Waals surface area contributed by atoms with Crippen molar-refractivity contribution in [3.8, 4) is 17.4 Å². The third-order valence-corrected chi connectivity index (χ3v) is 4.30. The fourth-order valence-electron chi connectivity index (χ4n) is 2.25. The van der Waals surface area contributed by atoms with E-state index in [0.29, 0.717) is 31.9 Å². The number of methoxy groups -OCH3 is 1. The molecule has 3 aromatic rings. The van der Waals surface area contributed by atoms with E-state index in [0.717, 1.165) is 0 Å². The van der Waals surface area contributed by atoms with E-state index in [2.05, 4.69) is 31.1 Å². The number of ether oxygens (including phenoxy) is 2. The lowest BCUT2D eigenvalue weighted by Gasteiger charge is -2.04. The van der Waals surface area contributed by atoms with Crippen LogP contribution < -0.4 is 9.47 Å². The molecule has 26 heavy (non-hydrogen) atoms. The number of H-pyrrole nitrogens is 1. The molecule has 0 saturated heterocycles. The van der Waals surface area contributed by atoms with E-state index in [-0.39, 0.29) is 18.2 Å². The second-order valence-corrected chi connectivity index (χ2v) is 6.48. The average Bonchev–Trinajstić information content (AvgIpc) is 2.94. The standard InChI is InChI=1S/C17H13BrClN3O4/c1-25-10-2-4-11(5-3-10)26-8-14(23)21-22-16-12-6-9(19)7-13(18)15(12)20-17(16)24/h2-7,20,24H,8H2,1H3. The summed E-state index contributed by atoms with van der Waals surface area (Å²) in [6.07, 6.45) is 0. The number of aromatic amines is 1. The Bertz CT molecular complexity index is 986. The fraction of sp³-hybridized carbons (Fsp3) is 0.118. The van der Waals surface area contributed by atoms with Gasteiger partial charge in [0.15, 0.2) is 12.3 Å². The number of azo groups is 1. The maximum Gasteiger partial charge on any atom is 0.302 e. The van der Waals surface area contributed by atoms with Crippen molar-refractivity contribution in [3.63, 3.8) is 0 Å². The number of aromatic nitrogens is 1. The van der Waals surface area contributed by atoms with Gasteiger partial charge in [0.25, 0.3) is 0 Å². The van der Waals surface area contributed by atoms with Crippen molar-refractivity contribution in [3.05, 3.63) is 45.9 Å². The van der Waals surface area contributed by atoms with Crippen LogP contribution in [0.1, 0.15) is 0 Å². The molecule has 9 heteroatoms. The predicted molar refractivity (Wildman–Crippen MR) is 101 cm³/mol. The number of hydrogen-bond acceptors (Lipinski definition) is 5. The van der Waals surface area contributed by atoms with E-state index in [4.69, 9.17) is 21.1 Å². The zero-order valence-electron chi connectivity index (χ0n) is 13.5. The molecule has 0 spiro atoms. The molecule has 0 bridgehead atoms. The van der Waals surface area contributed by atoms with Gasteiger partial charge in [0.1, 0.15) is 11.5 Å². The first-order valence-corrected chi connectivity index (χ1v) is 8.56. The lowest BCUT2D eigenvalue weighted by molar-refractivity contribution is -0.120. The second kappa shape index (κ2) is 7.76. The van der Waals surface area contributed by atoms with Gasteiger partial charge < -0.3 is 19.6 Å². The summed E-state index contributed by atoms with van der Waals surface area (Å²) < 4.78 is 11.0. The van der Waals surface area contributed by atoms with Gasteiger partial charge in [-0.1, -0.05) is 11.6 Å².